The summed E-state index contributed by atoms with van der Waals surface area (Å²) in [6.45, 7) is 2.04. The second-order valence-corrected chi connectivity index (χ2v) is 7.51. The predicted molar refractivity (Wildman–Crippen MR) is 110 cm³/mol. The summed E-state index contributed by atoms with van der Waals surface area (Å²) in [5.41, 5.74) is 2.51. The van der Waals surface area contributed by atoms with E-state index in [9.17, 15) is 9.59 Å². The summed E-state index contributed by atoms with van der Waals surface area (Å²) in [5.74, 6) is -0.349. The van der Waals surface area contributed by atoms with Crippen LogP contribution in [0.2, 0.25) is 0 Å². The first-order valence-corrected chi connectivity index (χ1v) is 9.78. The molecule has 2 aliphatic rings. The Bertz CT molecular complexity index is 1330. The number of carbonyl (C=O) groups is 2. The fraction of sp³-hybridized carbons (Fsp3) is 0.154. The lowest BCUT2D eigenvalue weighted by atomic mass is 9.73. The Labute approximate surface area is 163 Å². The van der Waals surface area contributed by atoms with E-state index in [1.807, 2.05) is 73.7 Å². The molecule has 3 aromatic rings. The molecular formula is C26H20O2. The van der Waals surface area contributed by atoms with Crippen molar-refractivity contribution < 1.29 is 9.59 Å². The molecule has 0 saturated heterocycles. The van der Waals surface area contributed by atoms with Crippen molar-refractivity contribution in [3.05, 3.63) is 104 Å². The molecule has 2 nitrogen and oxygen atoms in total. The van der Waals surface area contributed by atoms with Crippen LogP contribution in [0.25, 0.3) is 12.2 Å². The average molecular weight is 364 g/mol. The monoisotopic (exact) mass is 364 g/mol. The molecule has 0 radical (unpaired) electrons. The van der Waals surface area contributed by atoms with Crippen LogP contribution in [0.4, 0.5) is 0 Å². The van der Waals surface area contributed by atoms with Gasteiger partial charge in [0.1, 0.15) is 0 Å². The lowest BCUT2D eigenvalue weighted by molar-refractivity contribution is -0.122. The standard InChI is InChI=1S/C26H20O2/c1-2-16-14-19-12-13-21-20-11-7-6-10-18(20)15-22(27)25(21)23(19)24(26(16)28)17-8-4-3-5-9-17/h3-16,24H,2H2,1H3. The zero-order valence-corrected chi connectivity index (χ0v) is 15.7. The predicted octanol–water partition coefficient (Wildman–Crippen LogP) is 3.47. The summed E-state index contributed by atoms with van der Waals surface area (Å²) < 4.78 is 0. The number of ketones is 2. The maximum Gasteiger partial charge on any atom is 0.187 e. The van der Waals surface area contributed by atoms with Crippen molar-refractivity contribution in [1.29, 1.82) is 0 Å². The van der Waals surface area contributed by atoms with Crippen LogP contribution in [0.1, 0.15) is 40.7 Å². The van der Waals surface area contributed by atoms with Crippen LogP contribution in [-0.2, 0) is 4.79 Å². The number of hydrogen-bond donors (Lipinski definition) is 0. The molecular weight excluding hydrogens is 344 g/mol. The first-order chi connectivity index (χ1) is 13.7. The molecule has 0 saturated carbocycles. The highest BCUT2D eigenvalue weighted by Gasteiger charge is 2.35. The van der Waals surface area contributed by atoms with Gasteiger partial charge in [0.25, 0.3) is 0 Å². The van der Waals surface area contributed by atoms with Gasteiger partial charge in [-0.1, -0.05) is 79.7 Å². The number of fused-ring (bicyclic) bond motifs is 4. The van der Waals surface area contributed by atoms with E-state index in [0.29, 0.717) is 5.56 Å². The van der Waals surface area contributed by atoms with Crippen molar-refractivity contribution in [3.8, 4) is 0 Å². The highest BCUT2D eigenvalue weighted by molar-refractivity contribution is 6.19. The van der Waals surface area contributed by atoms with Gasteiger partial charge in [-0.15, -0.1) is 0 Å². The Morgan fingerprint density at radius 3 is 2.32 bits per heavy atom. The van der Waals surface area contributed by atoms with Gasteiger partial charge in [-0.2, -0.15) is 0 Å². The summed E-state index contributed by atoms with van der Waals surface area (Å²) in [7, 11) is 0. The van der Waals surface area contributed by atoms with Crippen molar-refractivity contribution in [2.24, 2.45) is 5.92 Å². The normalized spacial score (nSPS) is 19.8. The van der Waals surface area contributed by atoms with Crippen LogP contribution in [-0.4, -0.2) is 11.6 Å². The third kappa shape index (κ3) is 2.41. The minimum Gasteiger partial charge on any atom is -0.298 e. The Morgan fingerprint density at radius 1 is 0.786 bits per heavy atom. The minimum atomic E-state index is -0.399. The topological polar surface area (TPSA) is 34.1 Å². The van der Waals surface area contributed by atoms with Crippen LogP contribution in [0.3, 0.4) is 0 Å². The highest BCUT2D eigenvalue weighted by Crippen LogP contribution is 2.34. The zero-order valence-electron chi connectivity index (χ0n) is 15.7. The fourth-order valence-corrected chi connectivity index (χ4v) is 4.61. The smallest absolute Gasteiger partial charge is 0.187 e. The number of carbonyl (C=O) groups excluding carboxylic acids is 2. The number of benzene rings is 3. The van der Waals surface area contributed by atoms with Gasteiger partial charge in [0.15, 0.2) is 11.6 Å². The summed E-state index contributed by atoms with van der Waals surface area (Å²) in [6.07, 6.45) is 4.52. The number of rotatable bonds is 2. The lowest BCUT2D eigenvalue weighted by Crippen LogP contribution is -2.35. The Morgan fingerprint density at radius 2 is 1.54 bits per heavy atom. The average Bonchev–Trinajstić information content (AvgIpc) is 2.73. The maximum atomic E-state index is 13.4. The SMILES string of the molecule is CCC1C=c2ccc3c(c2C(c2ccccc2)C1=O)C(=O)C=c1ccccc1=3. The molecule has 28 heavy (non-hydrogen) atoms. The van der Waals surface area contributed by atoms with Gasteiger partial charge in [0, 0.05) is 11.5 Å². The first-order valence-electron chi connectivity index (χ1n) is 9.78. The molecule has 2 heteroatoms. The third-order valence-corrected chi connectivity index (χ3v) is 5.96. The first kappa shape index (κ1) is 16.9. The van der Waals surface area contributed by atoms with E-state index in [1.165, 1.54) is 0 Å². The molecule has 5 rings (SSSR count). The minimum absolute atomic E-state index is 0.0115. The molecule has 0 heterocycles. The zero-order chi connectivity index (χ0) is 19.3. The van der Waals surface area contributed by atoms with E-state index in [2.05, 4.69) is 6.07 Å². The summed E-state index contributed by atoms with van der Waals surface area (Å²) in [6, 6.07) is 21.9. The molecule has 136 valence electrons. The van der Waals surface area contributed by atoms with Crippen molar-refractivity contribution in [3.63, 3.8) is 0 Å². The molecule has 0 spiro atoms. The van der Waals surface area contributed by atoms with Crippen LogP contribution in [0.15, 0.2) is 66.7 Å². The summed E-state index contributed by atoms with van der Waals surface area (Å²) in [4.78, 5) is 26.6. The Kier molecular flexibility index (Phi) is 3.87. The maximum absolute atomic E-state index is 13.4. The summed E-state index contributed by atoms with van der Waals surface area (Å²) in [5, 5.41) is 3.93. The van der Waals surface area contributed by atoms with Crippen LogP contribution >= 0.6 is 0 Å². The van der Waals surface area contributed by atoms with Gasteiger partial charge in [0.2, 0.25) is 0 Å². The molecule has 0 aromatic heterocycles. The van der Waals surface area contributed by atoms with E-state index >= 15 is 0 Å². The van der Waals surface area contributed by atoms with Gasteiger partial charge in [-0.3, -0.25) is 9.59 Å². The van der Waals surface area contributed by atoms with Crippen molar-refractivity contribution in [1.82, 2.24) is 0 Å². The van der Waals surface area contributed by atoms with Crippen molar-refractivity contribution in [2.45, 2.75) is 19.3 Å². The van der Waals surface area contributed by atoms with Gasteiger partial charge in [-0.25, -0.2) is 0 Å². The highest BCUT2D eigenvalue weighted by atomic mass is 16.1. The molecule has 2 unspecified atom stereocenters. The molecule has 3 aromatic carbocycles. The molecule has 0 aliphatic heterocycles. The van der Waals surface area contributed by atoms with Crippen molar-refractivity contribution >= 4 is 23.7 Å². The number of hydrogen-bond acceptors (Lipinski definition) is 2. The van der Waals surface area contributed by atoms with Gasteiger partial charge in [-0.05, 0) is 44.5 Å². The van der Waals surface area contributed by atoms with E-state index < -0.39 is 5.92 Å². The molecule has 2 atom stereocenters. The van der Waals surface area contributed by atoms with Gasteiger partial charge >= 0.3 is 0 Å². The molecule has 0 bridgehead atoms. The van der Waals surface area contributed by atoms with Crippen LogP contribution in [0, 0.1) is 16.4 Å². The van der Waals surface area contributed by atoms with Crippen molar-refractivity contribution in [2.75, 3.05) is 0 Å². The van der Waals surface area contributed by atoms with E-state index in [-0.39, 0.29) is 17.5 Å². The summed E-state index contributed by atoms with van der Waals surface area (Å²) >= 11 is 0. The van der Waals surface area contributed by atoms with E-state index in [4.69, 9.17) is 0 Å². The lowest BCUT2D eigenvalue weighted by Gasteiger charge is -2.28. The number of Topliss-reactive ketones (excluding diaryl/α,β-unsaturated/α-hetero) is 2. The largest absolute Gasteiger partial charge is 0.298 e. The second-order valence-electron chi connectivity index (χ2n) is 7.51. The Hall–Kier alpha value is -3.26. The van der Waals surface area contributed by atoms with Gasteiger partial charge < -0.3 is 0 Å². The van der Waals surface area contributed by atoms with Gasteiger partial charge in [0.05, 0.1) is 5.92 Å². The second kappa shape index (κ2) is 6.42. The molecule has 0 amide bonds. The molecule has 0 N–H and O–H groups in total. The van der Waals surface area contributed by atoms with Crippen LogP contribution in [0.5, 0.6) is 0 Å². The van der Waals surface area contributed by atoms with E-state index in [1.54, 1.807) is 6.08 Å². The van der Waals surface area contributed by atoms with Crippen LogP contribution < -0.4 is 10.4 Å². The molecule has 2 aliphatic carbocycles. The molecule has 0 fully saturated rings. The van der Waals surface area contributed by atoms with E-state index in [0.717, 1.165) is 38.4 Å². The Balaban J connectivity index is 1.95. The quantitative estimate of drug-likeness (QED) is 0.698. The fourth-order valence-electron chi connectivity index (χ4n) is 4.61. The third-order valence-electron chi connectivity index (χ3n) is 5.96.